The molecule has 0 aliphatic heterocycles. The molecule has 0 atom stereocenters. The molecule has 1 amide bonds. The minimum atomic E-state index is -1.18. The van der Waals surface area contributed by atoms with Gasteiger partial charge in [0.15, 0.2) is 11.6 Å². The largest absolute Gasteiger partial charge is 0.483 e. The molecule has 0 saturated heterocycles. The van der Waals surface area contributed by atoms with E-state index in [0.29, 0.717) is 11.4 Å². The molecule has 2 aromatic carbocycles. The fourth-order valence-electron chi connectivity index (χ4n) is 2.31. The Hall–Kier alpha value is -2.80. The van der Waals surface area contributed by atoms with E-state index in [1.54, 1.807) is 0 Å². The third-order valence-corrected chi connectivity index (χ3v) is 4.35. The van der Waals surface area contributed by atoms with Crippen molar-refractivity contribution >= 4 is 17.2 Å². The first-order valence-corrected chi connectivity index (χ1v) is 8.30. The summed E-state index contributed by atoms with van der Waals surface area (Å²) in [6.07, 6.45) is 0.689. The van der Waals surface area contributed by atoms with Crippen LogP contribution in [0.25, 0.3) is 0 Å². The first-order chi connectivity index (χ1) is 12.0. The van der Waals surface area contributed by atoms with E-state index in [-0.39, 0.29) is 12.4 Å². The normalized spacial score (nSPS) is 10.6. The molecule has 0 fully saturated rings. The minimum absolute atomic E-state index is 0.0141. The number of primary amides is 1. The van der Waals surface area contributed by atoms with E-state index in [1.165, 1.54) is 11.3 Å². The van der Waals surface area contributed by atoms with Gasteiger partial charge >= 0.3 is 0 Å². The molecule has 0 saturated carbocycles. The van der Waals surface area contributed by atoms with Crippen LogP contribution < -0.4 is 10.5 Å². The van der Waals surface area contributed by atoms with Gasteiger partial charge in [0.1, 0.15) is 23.0 Å². The average molecular weight is 360 g/mol. The summed E-state index contributed by atoms with van der Waals surface area (Å²) in [7, 11) is 0. The second kappa shape index (κ2) is 7.40. The molecule has 7 heteroatoms. The van der Waals surface area contributed by atoms with Crippen LogP contribution in [0.3, 0.4) is 0 Å². The van der Waals surface area contributed by atoms with Gasteiger partial charge in [0.25, 0.3) is 5.91 Å². The third-order valence-electron chi connectivity index (χ3n) is 3.48. The molecule has 0 aliphatic rings. The summed E-state index contributed by atoms with van der Waals surface area (Å²) in [4.78, 5) is 15.6. The van der Waals surface area contributed by atoms with Crippen molar-refractivity contribution in [1.82, 2.24) is 4.98 Å². The summed E-state index contributed by atoms with van der Waals surface area (Å²) in [5.74, 6) is -3.54. The molecule has 2 N–H and O–H groups in total. The molecule has 0 bridgehead atoms. The van der Waals surface area contributed by atoms with Crippen molar-refractivity contribution in [3.05, 3.63) is 81.3 Å². The maximum atomic E-state index is 14.1. The second-order valence-electron chi connectivity index (χ2n) is 5.28. The van der Waals surface area contributed by atoms with E-state index in [2.05, 4.69) is 4.98 Å². The van der Waals surface area contributed by atoms with Gasteiger partial charge in [-0.05, 0) is 17.7 Å². The molecule has 0 unspecified atom stereocenters. The van der Waals surface area contributed by atoms with Crippen molar-refractivity contribution in [2.24, 2.45) is 5.73 Å². The van der Waals surface area contributed by atoms with Crippen LogP contribution in [0, 0.1) is 11.6 Å². The van der Waals surface area contributed by atoms with Crippen LogP contribution in [0.15, 0.2) is 47.8 Å². The maximum absolute atomic E-state index is 14.1. The Balaban J connectivity index is 1.69. The van der Waals surface area contributed by atoms with Gasteiger partial charge in [0, 0.05) is 11.8 Å². The number of hydrogen-bond donors (Lipinski definition) is 1. The molecule has 3 aromatic rings. The predicted molar refractivity (Wildman–Crippen MR) is 90.6 cm³/mol. The molecular weight excluding hydrogens is 346 g/mol. The SMILES string of the molecule is NC(=O)c1c(F)ccc(OCc2nc(Cc3ccccc3)cs2)c1F. The molecule has 1 aromatic heterocycles. The lowest BCUT2D eigenvalue weighted by Gasteiger charge is -2.08. The average Bonchev–Trinajstić information content (AvgIpc) is 3.02. The van der Waals surface area contributed by atoms with Gasteiger partial charge in [0.05, 0.1) is 5.69 Å². The molecule has 25 heavy (non-hydrogen) atoms. The van der Waals surface area contributed by atoms with Crippen LogP contribution in [0.5, 0.6) is 5.75 Å². The number of aromatic nitrogens is 1. The molecular formula is C18H14F2N2O2S. The van der Waals surface area contributed by atoms with Gasteiger partial charge in [0.2, 0.25) is 0 Å². The van der Waals surface area contributed by atoms with Crippen LogP contribution in [0.2, 0.25) is 0 Å². The van der Waals surface area contributed by atoms with Crippen molar-refractivity contribution < 1.29 is 18.3 Å². The quantitative estimate of drug-likeness (QED) is 0.729. The number of nitrogens with two attached hydrogens (primary N) is 1. The van der Waals surface area contributed by atoms with Gasteiger partial charge < -0.3 is 10.5 Å². The zero-order chi connectivity index (χ0) is 17.8. The highest BCUT2D eigenvalue weighted by atomic mass is 32.1. The zero-order valence-corrected chi connectivity index (χ0v) is 13.9. The Kier molecular flexibility index (Phi) is 5.04. The molecule has 4 nitrogen and oxygen atoms in total. The highest BCUT2D eigenvalue weighted by Crippen LogP contribution is 2.24. The topological polar surface area (TPSA) is 65.2 Å². The van der Waals surface area contributed by atoms with Crippen molar-refractivity contribution in [1.29, 1.82) is 0 Å². The fourth-order valence-corrected chi connectivity index (χ4v) is 3.02. The molecule has 0 spiro atoms. The number of halogens is 2. The molecule has 3 rings (SSSR count). The van der Waals surface area contributed by atoms with Crippen molar-refractivity contribution in [3.63, 3.8) is 0 Å². The number of ether oxygens (including phenoxy) is 1. The van der Waals surface area contributed by atoms with Gasteiger partial charge in [-0.25, -0.2) is 13.8 Å². The monoisotopic (exact) mass is 360 g/mol. The van der Waals surface area contributed by atoms with Crippen molar-refractivity contribution in [3.8, 4) is 5.75 Å². The summed E-state index contributed by atoms with van der Waals surface area (Å²) in [6.45, 7) is 0.0141. The highest BCUT2D eigenvalue weighted by Gasteiger charge is 2.19. The van der Waals surface area contributed by atoms with Crippen molar-refractivity contribution in [2.75, 3.05) is 0 Å². The molecule has 128 valence electrons. The Morgan fingerprint density at radius 1 is 1.16 bits per heavy atom. The van der Waals surface area contributed by atoms with E-state index in [4.69, 9.17) is 10.5 Å². The van der Waals surface area contributed by atoms with E-state index >= 15 is 0 Å². The summed E-state index contributed by atoms with van der Waals surface area (Å²) in [5, 5.41) is 2.55. The van der Waals surface area contributed by atoms with Crippen LogP contribution >= 0.6 is 11.3 Å². The van der Waals surface area contributed by atoms with E-state index in [0.717, 1.165) is 23.4 Å². The lowest BCUT2D eigenvalue weighted by atomic mass is 10.1. The Bertz CT molecular complexity index is 897. The van der Waals surface area contributed by atoms with Crippen LogP contribution in [-0.4, -0.2) is 10.9 Å². The number of nitrogens with zero attached hydrogens (tertiary/aromatic N) is 1. The summed E-state index contributed by atoms with van der Waals surface area (Å²) in [5.41, 5.74) is 6.20. The number of amides is 1. The van der Waals surface area contributed by atoms with Crippen LogP contribution in [0.1, 0.15) is 26.6 Å². The van der Waals surface area contributed by atoms with E-state index < -0.39 is 23.1 Å². The number of carbonyl (C=O) groups is 1. The van der Waals surface area contributed by atoms with Gasteiger partial charge in [-0.2, -0.15) is 0 Å². The lowest BCUT2D eigenvalue weighted by molar-refractivity contribution is 0.0991. The molecule has 1 heterocycles. The van der Waals surface area contributed by atoms with E-state index in [9.17, 15) is 13.6 Å². The number of carbonyl (C=O) groups excluding carboxylic acids is 1. The Morgan fingerprint density at radius 3 is 2.64 bits per heavy atom. The summed E-state index contributed by atoms with van der Waals surface area (Å²) < 4.78 is 32.9. The van der Waals surface area contributed by atoms with Crippen LogP contribution in [0.4, 0.5) is 8.78 Å². The summed E-state index contributed by atoms with van der Waals surface area (Å²) in [6, 6.07) is 11.9. The minimum Gasteiger partial charge on any atom is -0.483 e. The zero-order valence-electron chi connectivity index (χ0n) is 13.0. The van der Waals surface area contributed by atoms with Crippen molar-refractivity contribution in [2.45, 2.75) is 13.0 Å². The Labute approximate surface area is 146 Å². The van der Waals surface area contributed by atoms with Gasteiger partial charge in [-0.1, -0.05) is 30.3 Å². The Morgan fingerprint density at radius 2 is 1.92 bits per heavy atom. The lowest BCUT2D eigenvalue weighted by Crippen LogP contribution is -2.16. The molecule has 0 radical (unpaired) electrons. The standard InChI is InChI=1S/C18H14F2N2O2S/c19-13-6-7-14(17(20)16(13)18(21)23)24-9-15-22-12(10-25-15)8-11-4-2-1-3-5-11/h1-7,10H,8-9H2,(H2,21,23). The van der Waals surface area contributed by atoms with Gasteiger partial charge in [-0.15, -0.1) is 11.3 Å². The fraction of sp³-hybridized carbons (Fsp3) is 0.111. The predicted octanol–water partition coefficient (Wildman–Crippen LogP) is 3.69. The first-order valence-electron chi connectivity index (χ1n) is 7.42. The maximum Gasteiger partial charge on any atom is 0.254 e. The van der Waals surface area contributed by atoms with Gasteiger partial charge in [-0.3, -0.25) is 4.79 Å². The second-order valence-corrected chi connectivity index (χ2v) is 6.23. The van der Waals surface area contributed by atoms with E-state index in [1.807, 2.05) is 35.7 Å². The number of rotatable bonds is 6. The summed E-state index contributed by atoms with van der Waals surface area (Å²) >= 11 is 1.38. The highest BCUT2D eigenvalue weighted by molar-refractivity contribution is 7.09. The molecule has 0 aliphatic carbocycles. The third kappa shape index (κ3) is 4.00. The number of benzene rings is 2. The number of hydrogen-bond acceptors (Lipinski definition) is 4. The van der Waals surface area contributed by atoms with Crippen LogP contribution in [-0.2, 0) is 13.0 Å². The smallest absolute Gasteiger partial charge is 0.254 e. The first kappa shape index (κ1) is 17.0. The number of thiazole rings is 1.